The first-order chi connectivity index (χ1) is 11.1. The van der Waals surface area contributed by atoms with Gasteiger partial charge in [0.05, 0.1) is 0 Å². The van der Waals surface area contributed by atoms with Gasteiger partial charge in [-0.1, -0.05) is 12.8 Å². The van der Waals surface area contributed by atoms with E-state index in [2.05, 4.69) is 15.5 Å². The highest BCUT2D eigenvalue weighted by Gasteiger charge is 2.43. The van der Waals surface area contributed by atoms with E-state index < -0.39 is 0 Å². The van der Waals surface area contributed by atoms with Crippen molar-refractivity contribution in [1.29, 1.82) is 0 Å². The van der Waals surface area contributed by atoms with Gasteiger partial charge in [-0.25, -0.2) is 4.39 Å². The van der Waals surface area contributed by atoms with Crippen molar-refractivity contribution in [2.75, 3.05) is 5.32 Å². The minimum atomic E-state index is -0.350. The van der Waals surface area contributed by atoms with Crippen LogP contribution in [0.5, 0.6) is 0 Å². The molecule has 2 atom stereocenters. The van der Waals surface area contributed by atoms with E-state index >= 15 is 0 Å². The molecule has 1 aromatic rings. The van der Waals surface area contributed by atoms with Crippen molar-refractivity contribution in [1.82, 2.24) is 0 Å². The quantitative estimate of drug-likeness (QED) is 0.630. The van der Waals surface area contributed by atoms with E-state index in [1.165, 1.54) is 24.3 Å². The van der Waals surface area contributed by atoms with Gasteiger partial charge in [0.2, 0.25) is 5.11 Å². The molecule has 2 N–H and O–H groups in total. The zero-order valence-electron chi connectivity index (χ0n) is 12.3. The number of aliphatic hydroxyl groups is 1. The number of fused-ring (bicyclic) bond motifs is 1. The first-order valence-corrected chi connectivity index (χ1v) is 7.92. The van der Waals surface area contributed by atoms with E-state index in [9.17, 15) is 14.3 Å². The molecule has 7 heteroatoms. The molecule has 0 saturated heterocycles. The molecule has 1 fully saturated rings. The number of carbonyl (C=O) groups is 1. The molecule has 120 valence electrons. The summed E-state index contributed by atoms with van der Waals surface area (Å²) < 4.78 is 12.8. The standard InChI is InChI=1S/C16H16FN3O2S/c17-9-5-7-10(8-6-9)18-16(23)20-19-13-14(21)11-3-1-2-4-12(11)15(13)22/h5-8,11-12,21H,1-4H2,(H,18,23). The number of hydrogen-bond acceptors (Lipinski definition) is 4. The van der Waals surface area contributed by atoms with Gasteiger partial charge in [0.25, 0.3) is 0 Å². The fourth-order valence-corrected chi connectivity index (χ4v) is 3.29. The number of allylic oxidation sites excluding steroid dienone is 2. The van der Waals surface area contributed by atoms with Gasteiger partial charge < -0.3 is 10.4 Å². The predicted molar refractivity (Wildman–Crippen MR) is 87.6 cm³/mol. The Morgan fingerprint density at radius 1 is 1.22 bits per heavy atom. The van der Waals surface area contributed by atoms with Crippen LogP contribution in [0, 0.1) is 17.7 Å². The summed E-state index contributed by atoms with van der Waals surface area (Å²) in [7, 11) is 0. The molecule has 1 saturated carbocycles. The molecule has 23 heavy (non-hydrogen) atoms. The summed E-state index contributed by atoms with van der Waals surface area (Å²) in [4.78, 5) is 12.3. The van der Waals surface area contributed by atoms with E-state index in [1.54, 1.807) is 0 Å². The molecule has 1 aromatic carbocycles. The Labute approximate surface area is 138 Å². The Kier molecular flexibility index (Phi) is 4.47. The van der Waals surface area contributed by atoms with Crippen LogP contribution in [0.1, 0.15) is 25.7 Å². The average molecular weight is 333 g/mol. The van der Waals surface area contributed by atoms with Gasteiger partial charge in [-0.15, -0.1) is 10.2 Å². The lowest BCUT2D eigenvalue weighted by molar-refractivity contribution is -0.120. The number of aliphatic hydroxyl groups excluding tert-OH is 1. The lowest BCUT2D eigenvalue weighted by atomic mass is 9.80. The van der Waals surface area contributed by atoms with Crippen molar-refractivity contribution in [3.63, 3.8) is 0 Å². The third kappa shape index (κ3) is 3.29. The van der Waals surface area contributed by atoms with Gasteiger partial charge >= 0.3 is 0 Å². The van der Waals surface area contributed by atoms with Crippen LogP contribution < -0.4 is 5.32 Å². The van der Waals surface area contributed by atoms with Crippen molar-refractivity contribution in [2.45, 2.75) is 25.7 Å². The molecule has 0 heterocycles. The van der Waals surface area contributed by atoms with Gasteiger partial charge in [0, 0.05) is 17.5 Å². The van der Waals surface area contributed by atoms with Crippen molar-refractivity contribution in [3.05, 3.63) is 41.5 Å². The summed E-state index contributed by atoms with van der Waals surface area (Å²) in [6, 6.07) is 5.62. The molecule has 0 radical (unpaired) electrons. The Balaban J connectivity index is 1.69. The molecular formula is C16H16FN3O2S. The average Bonchev–Trinajstić information content (AvgIpc) is 2.80. The molecule has 3 rings (SSSR count). The lowest BCUT2D eigenvalue weighted by Gasteiger charge is -2.23. The third-order valence-electron chi connectivity index (χ3n) is 4.27. The first-order valence-electron chi connectivity index (χ1n) is 7.52. The number of azo groups is 1. The van der Waals surface area contributed by atoms with Crippen LogP contribution >= 0.6 is 12.2 Å². The zero-order chi connectivity index (χ0) is 16.4. The number of rotatable bonds is 2. The Morgan fingerprint density at radius 2 is 1.87 bits per heavy atom. The number of ketones is 1. The van der Waals surface area contributed by atoms with Crippen LogP contribution in [0.4, 0.5) is 10.1 Å². The SMILES string of the molecule is O=C1C(N=NC(=S)Nc2ccc(F)cc2)=C(O)C2CCCCC12. The number of benzene rings is 1. The fraction of sp³-hybridized carbons (Fsp3) is 0.375. The minimum Gasteiger partial charge on any atom is -0.510 e. The normalized spacial score (nSPS) is 24.1. The summed E-state index contributed by atoms with van der Waals surface area (Å²) >= 11 is 5.03. The molecule has 0 aliphatic heterocycles. The maximum atomic E-state index is 12.8. The van der Waals surface area contributed by atoms with E-state index in [0.717, 1.165) is 25.7 Å². The van der Waals surface area contributed by atoms with Crippen LogP contribution in [-0.4, -0.2) is 16.0 Å². The second-order valence-corrected chi connectivity index (χ2v) is 6.12. The lowest BCUT2D eigenvalue weighted by Crippen LogP contribution is -2.21. The van der Waals surface area contributed by atoms with Crippen LogP contribution in [0.15, 0.2) is 46.0 Å². The third-order valence-corrected chi connectivity index (χ3v) is 4.45. The summed E-state index contributed by atoms with van der Waals surface area (Å²) in [6.07, 6.45) is 3.59. The molecule has 0 bridgehead atoms. The van der Waals surface area contributed by atoms with Crippen LogP contribution in [0.25, 0.3) is 0 Å². The summed E-state index contributed by atoms with van der Waals surface area (Å²) in [5.74, 6) is -0.758. The second-order valence-electron chi connectivity index (χ2n) is 5.73. The number of Topliss-reactive ketones (excluding diaryl/α,β-unsaturated/α-hetero) is 1. The number of carbonyl (C=O) groups excluding carboxylic acids is 1. The van der Waals surface area contributed by atoms with Gasteiger partial charge in [-0.2, -0.15) is 0 Å². The van der Waals surface area contributed by atoms with Gasteiger partial charge in [0.1, 0.15) is 11.6 Å². The predicted octanol–water partition coefficient (Wildman–Crippen LogP) is 4.13. The van der Waals surface area contributed by atoms with Gasteiger partial charge in [0.15, 0.2) is 11.5 Å². The van der Waals surface area contributed by atoms with Crippen LogP contribution in [0.3, 0.4) is 0 Å². The molecular weight excluding hydrogens is 317 g/mol. The van der Waals surface area contributed by atoms with Gasteiger partial charge in [-0.3, -0.25) is 4.79 Å². The van der Waals surface area contributed by atoms with Crippen molar-refractivity contribution in [3.8, 4) is 0 Å². The zero-order valence-corrected chi connectivity index (χ0v) is 13.1. The van der Waals surface area contributed by atoms with Crippen molar-refractivity contribution < 1.29 is 14.3 Å². The maximum absolute atomic E-state index is 12.8. The first kappa shape index (κ1) is 15.7. The second kappa shape index (κ2) is 6.54. The number of thiocarbonyl (C=S) groups is 1. The molecule has 5 nitrogen and oxygen atoms in total. The number of halogens is 1. The Hall–Kier alpha value is -2.15. The highest BCUT2D eigenvalue weighted by atomic mass is 32.1. The molecule has 2 aliphatic carbocycles. The highest BCUT2D eigenvalue weighted by Crippen LogP contribution is 2.42. The topological polar surface area (TPSA) is 74.0 Å². The van der Waals surface area contributed by atoms with E-state index in [4.69, 9.17) is 12.2 Å². The molecule has 2 unspecified atom stereocenters. The molecule has 0 amide bonds. The highest BCUT2D eigenvalue weighted by molar-refractivity contribution is 7.80. The smallest absolute Gasteiger partial charge is 0.218 e. The number of hydrogen-bond donors (Lipinski definition) is 2. The van der Waals surface area contributed by atoms with E-state index in [0.29, 0.717) is 5.69 Å². The Bertz CT molecular complexity index is 700. The van der Waals surface area contributed by atoms with E-state index in [1.807, 2.05) is 0 Å². The maximum Gasteiger partial charge on any atom is 0.218 e. The molecule has 0 aromatic heterocycles. The molecule has 2 aliphatic rings. The van der Waals surface area contributed by atoms with Crippen molar-refractivity contribution >= 4 is 28.8 Å². The number of anilines is 1. The summed E-state index contributed by atoms with van der Waals surface area (Å²) in [5, 5.41) is 20.6. The largest absolute Gasteiger partial charge is 0.510 e. The molecule has 0 spiro atoms. The minimum absolute atomic E-state index is 0.0187. The number of nitrogens with zero attached hydrogens (tertiary/aromatic N) is 2. The Morgan fingerprint density at radius 3 is 2.52 bits per heavy atom. The fourth-order valence-electron chi connectivity index (χ4n) is 3.13. The van der Waals surface area contributed by atoms with E-state index in [-0.39, 0.29) is 40.0 Å². The number of nitrogens with one attached hydrogen (secondary N) is 1. The van der Waals surface area contributed by atoms with Crippen molar-refractivity contribution in [2.24, 2.45) is 22.1 Å². The summed E-state index contributed by atoms with van der Waals surface area (Å²) in [6.45, 7) is 0. The summed E-state index contributed by atoms with van der Waals surface area (Å²) in [5.41, 5.74) is 0.588. The monoisotopic (exact) mass is 333 g/mol. The van der Waals surface area contributed by atoms with Gasteiger partial charge in [-0.05, 0) is 49.3 Å². The van der Waals surface area contributed by atoms with Crippen LogP contribution in [-0.2, 0) is 4.79 Å². The van der Waals surface area contributed by atoms with Crippen LogP contribution in [0.2, 0.25) is 0 Å².